The molecule has 1 aliphatic heterocycles. The molecule has 0 atom stereocenters. The summed E-state index contributed by atoms with van der Waals surface area (Å²) in [7, 11) is 0. The smallest absolute Gasteiger partial charge is 0.262 e. The summed E-state index contributed by atoms with van der Waals surface area (Å²) in [5.41, 5.74) is 2.71. The molecule has 0 radical (unpaired) electrons. The number of anilines is 2. The minimum absolute atomic E-state index is 0.0330. The second kappa shape index (κ2) is 6.12. The van der Waals surface area contributed by atoms with E-state index in [4.69, 9.17) is 4.74 Å². The topological polar surface area (TPSA) is 67.4 Å². The maximum atomic E-state index is 12.5. The van der Waals surface area contributed by atoms with Gasteiger partial charge in [0.1, 0.15) is 5.75 Å². The number of rotatable bonds is 3. The highest BCUT2D eigenvalue weighted by Gasteiger charge is 2.22. The fraction of sp³-hybridized carbons (Fsp3) is 0.222. The Morgan fingerprint density at radius 1 is 1.17 bits per heavy atom. The van der Waals surface area contributed by atoms with Gasteiger partial charge in [-0.3, -0.25) is 9.59 Å². The number of carbonyl (C=O) groups excluding carboxylic acids is 2. The average Bonchev–Trinajstić information content (AvgIpc) is 2.54. The Morgan fingerprint density at radius 3 is 2.61 bits per heavy atom. The van der Waals surface area contributed by atoms with E-state index in [0.717, 1.165) is 0 Å². The van der Waals surface area contributed by atoms with E-state index >= 15 is 0 Å². The molecule has 2 amide bonds. The number of amides is 2. The molecule has 0 aliphatic carbocycles. The quantitative estimate of drug-likeness (QED) is 0.913. The van der Waals surface area contributed by atoms with Crippen LogP contribution in [0.2, 0.25) is 0 Å². The van der Waals surface area contributed by atoms with Crippen LogP contribution < -0.4 is 15.4 Å². The summed E-state index contributed by atoms with van der Waals surface area (Å²) in [6.45, 7) is 4.20. The highest BCUT2D eigenvalue weighted by Crippen LogP contribution is 2.31. The summed E-state index contributed by atoms with van der Waals surface area (Å²) in [6, 6.07) is 12.8. The SMILES string of the molecule is CC(C)c1ccc(NC(=O)c2cccc3c2NC(=O)CO3)cc1. The number of ether oxygens (including phenoxy) is 1. The molecule has 2 N–H and O–H groups in total. The van der Waals surface area contributed by atoms with E-state index in [1.807, 2.05) is 24.3 Å². The van der Waals surface area contributed by atoms with Gasteiger partial charge in [0, 0.05) is 5.69 Å². The molecule has 0 bridgehead atoms. The van der Waals surface area contributed by atoms with Gasteiger partial charge in [0.2, 0.25) is 0 Å². The van der Waals surface area contributed by atoms with E-state index in [1.54, 1.807) is 18.2 Å². The molecule has 3 rings (SSSR count). The van der Waals surface area contributed by atoms with Crippen LogP contribution in [-0.2, 0) is 4.79 Å². The number of nitrogens with one attached hydrogen (secondary N) is 2. The molecular weight excluding hydrogens is 292 g/mol. The number of hydrogen-bond donors (Lipinski definition) is 2. The first kappa shape index (κ1) is 15.1. The predicted octanol–water partition coefficient (Wildman–Crippen LogP) is 3.39. The minimum atomic E-state index is -0.287. The van der Waals surface area contributed by atoms with Crippen LogP contribution >= 0.6 is 0 Å². The first-order chi connectivity index (χ1) is 11.0. The number of fused-ring (bicyclic) bond motifs is 1. The van der Waals surface area contributed by atoms with E-state index in [-0.39, 0.29) is 18.4 Å². The van der Waals surface area contributed by atoms with Crippen LogP contribution in [-0.4, -0.2) is 18.4 Å². The van der Waals surface area contributed by atoms with Gasteiger partial charge in [0.15, 0.2) is 6.61 Å². The molecule has 1 aliphatic rings. The molecule has 0 saturated heterocycles. The van der Waals surface area contributed by atoms with Crippen LogP contribution in [0.1, 0.15) is 35.7 Å². The molecule has 23 heavy (non-hydrogen) atoms. The number of benzene rings is 2. The second-order valence-electron chi connectivity index (χ2n) is 5.75. The van der Waals surface area contributed by atoms with Crippen molar-refractivity contribution in [3.63, 3.8) is 0 Å². The molecule has 118 valence electrons. The van der Waals surface area contributed by atoms with Crippen molar-refractivity contribution < 1.29 is 14.3 Å². The zero-order valence-corrected chi connectivity index (χ0v) is 13.1. The largest absolute Gasteiger partial charge is 0.482 e. The van der Waals surface area contributed by atoms with Gasteiger partial charge < -0.3 is 15.4 Å². The van der Waals surface area contributed by atoms with Crippen LogP contribution in [0.4, 0.5) is 11.4 Å². The van der Waals surface area contributed by atoms with Crippen LogP contribution in [0.3, 0.4) is 0 Å². The first-order valence-electron chi connectivity index (χ1n) is 7.51. The molecule has 1 heterocycles. The Bertz CT molecular complexity index is 751. The lowest BCUT2D eigenvalue weighted by molar-refractivity contribution is -0.118. The third-order valence-electron chi connectivity index (χ3n) is 3.73. The molecule has 0 aromatic heterocycles. The third kappa shape index (κ3) is 3.18. The van der Waals surface area contributed by atoms with Gasteiger partial charge in [-0.05, 0) is 35.7 Å². The van der Waals surface area contributed by atoms with Crippen molar-refractivity contribution in [3.05, 3.63) is 53.6 Å². The van der Waals surface area contributed by atoms with Gasteiger partial charge in [-0.15, -0.1) is 0 Å². The van der Waals surface area contributed by atoms with Crippen molar-refractivity contribution in [1.82, 2.24) is 0 Å². The summed E-state index contributed by atoms with van der Waals surface area (Å²) in [4.78, 5) is 24.0. The molecule has 2 aromatic carbocycles. The maximum Gasteiger partial charge on any atom is 0.262 e. The Kier molecular flexibility index (Phi) is 4.02. The second-order valence-corrected chi connectivity index (χ2v) is 5.75. The lowest BCUT2D eigenvalue weighted by atomic mass is 10.0. The summed E-state index contributed by atoms with van der Waals surface area (Å²) >= 11 is 0. The lowest BCUT2D eigenvalue weighted by Crippen LogP contribution is -2.27. The fourth-order valence-corrected chi connectivity index (χ4v) is 2.44. The van der Waals surface area contributed by atoms with Crippen molar-refractivity contribution >= 4 is 23.2 Å². The highest BCUT2D eigenvalue weighted by atomic mass is 16.5. The molecule has 0 spiro atoms. The van der Waals surface area contributed by atoms with Gasteiger partial charge in [-0.1, -0.05) is 32.0 Å². The normalized spacial score (nSPS) is 13.1. The molecule has 0 fully saturated rings. The number of carbonyl (C=O) groups is 2. The van der Waals surface area contributed by atoms with Gasteiger partial charge in [-0.2, -0.15) is 0 Å². The van der Waals surface area contributed by atoms with Crippen LogP contribution in [0.15, 0.2) is 42.5 Å². The van der Waals surface area contributed by atoms with Crippen LogP contribution in [0.5, 0.6) is 5.75 Å². The van der Waals surface area contributed by atoms with E-state index in [2.05, 4.69) is 24.5 Å². The Labute approximate surface area is 134 Å². The van der Waals surface area contributed by atoms with E-state index in [0.29, 0.717) is 28.6 Å². The van der Waals surface area contributed by atoms with Gasteiger partial charge in [0.05, 0.1) is 11.3 Å². The molecule has 5 heteroatoms. The molecular formula is C18H18N2O3. The fourth-order valence-electron chi connectivity index (χ4n) is 2.44. The van der Waals surface area contributed by atoms with Crippen molar-refractivity contribution in [3.8, 4) is 5.75 Å². The summed E-state index contributed by atoms with van der Waals surface area (Å²) in [5.74, 6) is 0.393. The molecule has 2 aromatic rings. The van der Waals surface area contributed by atoms with Gasteiger partial charge in [0.25, 0.3) is 11.8 Å². The van der Waals surface area contributed by atoms with E-state index < -0.39 is 0 Å². The molecule has 0 saturated carbocycles. The zero-order chi connectivity index (χ0) is 16.4. The van der Waals surface area contributed by atoms with Crippen LogP contribution in [0, 0.1) is 0 Å². The Balaban J connectivity index is 1.82. The highest BCUT2D eigenvalue weighted by molar-refractivity contribution is 6.11. The van der Waals surface area contributed by atoms with Crippen molar-refractivity contribution in [2.45, 2.75) is 19.8 Å². The van der Waals surface area contributed by atoms with Gasteiger partial charge >= 0.3 is 0 Å². The monoisotopic (exact) mass is 310 g/mol. The third-order valence-corrected chi connectivity index (χ3v) is 3.73. The lowest BCUT2D eigenvalue weighted by Gasteiger charge is -2.20. The zero-order valence-electron chi connectivity index (χ0n) is 13.1. The molecule has 5 nitrogen and oxygen atoms in total. The van der Waals surface area contributed by atoms with Crippen molar-refractivity contribution in [1.29, 1.82) is 0 Å². The van der Waals surface area contributed by atoms with E-state index in [1.165, 1.54) is 5.56 Å². The van der Waals surface area contributed by atoms with Gasteiger partial charge in [-0.25, -0.2) is 0 Å². The summed E-state index contributed by atoms with van der Waals surface area (Å²) < 4.78 is 5.33. The Hall–Kier alpha value is -2.82. The van der Waals surface area contributed by atoms with Crippen molar-refractivity contribution in [2.75, 3.05) is 17.2 Å². The maximum absolute atomic E-state index is 12.5. The summed E-state index contributed by atoms with van der Waals surface area (Å²) in [5, 5.41) is 5.54. The average molecular weight is 310 g/mol. The first-order valence-corrected chi connectivity index (χ1v) is 7.51. The predicted molar refractivity (Wildman–Crippen MR) is 89.1 cm³/mol. The standard InChI is InChI=1S/C18H18N2O3/c1-11(2)12-6-8-13(9-7-12)19-18(22)14-4-3-5-15-17(14)20-16(21)10-23-15/h3-9,11H,10H2,1-2H3,(H,19,22)(H,20,21). The summed E-state index contributed by atoms with van der Waals surface area (Å²) in [6.07, 6.45) is 0. The number of para-hydroxylation sites is 1. The van der Waals surface area contributed by atoms with Crippen LogP contribution in [0.25, 0.3) is 0 Å². The van der Waals surface area contributed by atoms with Crippen molar-refractivity contribution in [2.24, 2.45) is 0 Å². The van der Waals surface area contributed by atoms with E-state index in [9.17, 15) is 9.59 Å². The number of hydrogen-bond acceptors (Lipinski definition) is 3. The molecule has 0 unspecified atom stereocenters. The Morgan fingerprint density at radius 2 is 1.91 bits per heavy atom. The minimum Gasteiger partial charge on any atom is -0.482 e.